The number of hydrogen-bond acceptors (Lipinski definition) is 2. The quantitative estimate of drug-likeness (QED) is 0.812. The summed E-state index contributed by atoms with van der Waals surface area (Å²) in [5.74, 6) is 0.686. The maximum absolute atomic E-state index is 9.54. The van der Waals surface area contributed by atoms with Crippen molar-refractivity contribution in [1.82, 2.24) is 5.32 Å². The number of rotatable bonds is 7. The van der Waals surface area contributed by atoms with E-state index in [1.165, 1.54) is 11.1 Å². The van der Waals surface area contributed by atoms with Gasteiger partial charge in [-0.05, 0) is 29.0 Å². The minimum absolute atomic E-state index is 0.0125. The zero-order valence-corrected chi connectivity index (χ0v) is 12.9. The van der Waals surface area contributed by atoms with Crippen LogP contribution < -0.4 is 5.32 Å². The molecule has 0 saturated heterocycles. The minimum atomic E-state index is -0.0125. The summed E-state index contributed by atoms with van der Waals surface area (Å²) in [6.07, 6.45) is 1.12. The lowest BCUT2D eigenvalue weighted by molar-refractivity contribution is 0.243. The predicted octanol–water partition coefficient (Wildman–Crippen LogP) is 3.71. The van der Waals surface area contributed by atoms with Gasteiger partial charge in [0.1, 0.15) is 0 Å². The van der Waals surface area contributed by atoms with Crippen LogP contribution in [0.5, 0.6) is 0 Å². The SMILES string of the molecule is CC(C)Cc1ccc(CN[C@H](CO)c2ccccc2)cc1. The molecule has 0 spiro atoms. The molecule has 0 saturated carbocycles. The van der Waals surface area contributed by atoms with Crippen molar-refractivity contribution in [2.75, 3.05) is 6.61 Å². The number of benzene rings is 2. The van der Waals surface area contributed by atoms with Crippen molar-refractivity contribution >= 4 is 0 Å². The molecule has 2 nitrogen and oxygen atoms in total. The molecule has 0 aliphatic rings. The first-order valence-corrected chi connectivity index (χ1v) is 7.66. The Morgan fingerprint density at radius 2 is 1.52 bits per heavy atom. The van der Waals surface area contributed by atoms with E-state index in [2.05, 4.69) is 43.4 Å². The van der Waals surface area contributed by atoms with E-state index < -0.39 is 0 Å². The van der Waals surface area contributed by atoms with Crippen LogP contribution in [0.3, 0.4) is 0 Å². The molecule has 2 heteroatoms. The van der Waals surface area contributed by atoms with Crippen molar-refractivity contribution < 1.29 is 5.11 Å². The molecule has 0 radical (unpaired) electrons. The molecule has 0 aliphatic carbocycles. The Balaban J connectivity index is 1.92. The summed E-state index contributed by atoms with van der Waals surface area (Å²) < 4.78 is 0. The second kappa shape index (κ2) is 7.96. The van der Waals surface area contributed by atoms with Crippen molar-refractivity contribution in [2.45, 2.75) is 32.9 Å². The highest BCUT2D eigenvalue weighted by molar-refractivity contribution is 5.24. The molecule has 0 aromatic heterocycles. The standard InChI is InChI=1S/C19H25NO/c1-15(2)12-16-8-10-17(11-9-16)13-20-19(14-21)18-6-4-3-5-7-18/h3-11,15,19-21H,12-14H2,1-2H3/t19-/m1/s1. The zero-order valence-electron chi connectivity index (χ0n) is 12.9. The normalized spacial score (nSPS) is 12.6. The summed E-state index contributed by atoms with van der Waals surface area (Å²) >= 11 is 0. The van der Waals surface area contributed by atoms with E-state index in [0.29, 0.717) is 5.92 Å². The Bertz CT molecular complexity index is 519. The first-order valence-electron chi connectivity index (χ1n) is 7.66. The molecule has 2 aromatic carbocycles. The van der Waals surface area contributed by atoms with Crippen LogP contribution in [0.4, 0.5) is 0 Å². The number of hydrogen-bond donors (Lipinski definition) is 2. The van der Waals surface area contributed by atoms with E-state index in [4.69, 9.17) is 0 Å². The second-order valence-corrected chi connectivity index (χ2v) is 5.94. The highest BCUT2D eigenvalue weighted by Gasteiger charge is 2.08. The van der Waals surface area contributed by atoms with Gasteiger partial charge in [-0.2, -0.15) is 0 Å². The van der Waals surface area contributed by atoms with Gasteiger partial charge in [-0.3, -0.25) is 0 Å². The van der Waals surface area contributed by atoms with Gasteiger partial charge in [0, 0.05) is 6.54 Å². The fourth-order valence-corrected chi connectivity index (χ4v) is 2.48. The van der Waals surface area contributed by atoms with Crippen LogP contribution in [0, 0.1) is 5.92 Å². The molecule has 0 heterocycles. The Hall–Kier alpha value is -1.64. The molecule has 0 aliphatic heterocycles. The monoisotopic (exact) mass is 283 g/mol. The summed E-state index contributed by atoms with van der Waals surface area (Å²) in [6, 6.07) is 18.8. The molecule has 2 N–H and O–H groups in total. The lowest BCUT2D eigenvalue weighted by Gasteiger charge is -2.17. The van der Waals surface area contributed by atoms with E-state index >= 15 is 0 Å². The van der Waals surface area contributed by atoms with Gasteiger partial charge < -0.3 is 10.4 Å². The highest BCUT2D eigenvalue weighted by atomic mass is 16.3. The van der Waals surface area contributed by atoms with Crippen LogP contribution in [-0.4, -0.2) is 11.7 Å². The third-order valence-corrected chi connectivity index (χ3v) is 3.60. The third-order valence-electron chi connectivity index (χ3n) is 3.60. The number of aliphatic hydroxyl groups excluding tert-OH is 1. The van der Waals surface area contributed by atoms with Gasteiger partial charge in [0.05, 0.1) is 12.6 Å². The summed E-state index contributed by atoms with van der Waals surface area (Å²) in [6.45, 7) is 5.35. The molecule has 2 rings (SSSR count). The zero-order chi connectivity index (χ0) is 15.1. The summed E-state index contributed by atoms with van der Waals surface area (Å²) in [5, 5.41) is 13.0. The van der Waals surface area contributed by atoms with Crippen LogP contribution in [0.2, 0.25) is 0 Å². The van der Waals surface area contributed by atoms with Crippen molar-refractivity contribution in [3.8, 4) is 0 Å². The van der Waals surface area contributed by atoms with Crippen molar-refractivity contribution in [3.05, 3.63) is 71.3 Å². The van der Waals surface area contributed by atoms with Gasteiger partial charge in [-0.25, -0.2) is 0 Å². The topological polar surface area (TPSA) is 32.3 Å². The first-order chi connectivity index (χ1) is 10.2. The van der Waals surface area contributed by atoms with Gasteiger partial charge in [0.2, 0.25) is 0 Å². The van der Waals surface area contributed by atoms with Crippen LogP contribution in [0.15, 0.2) is 54.6 Å². The molecule has 0 fully saturated rings. The van der Waals surface area contributed by atoms with E-state index in [9.17, 15) is 5.11 Å². The number of nitrogens with one attached hydrogen (secondary N) is 1. The van der Waals surface area contributed by atoms with Crippen molar-refractivity contribution in [3.63, 3.8) is 0 Å². The maximum Gasteiger partial charge on any atom is 0.0626 e. The Labute approximate surface area is 127 Å². The summed E-state index contributed by atoms with van der Waals surface area (Å²) in [4.78, 5) is 0. The van der Waals surface area contributed by atoms with Gasteiger partial charge >= 0.3 is 0 Å². The minimum Gasteiger partial charge on any atom is -0.394 e. The molecular weight excluding hydrogens is 258 g/mol. The largest absolute Gasteiger partial charge is 0.394 e. The predicted molar refractivity (Wildman–Crippen MR) is 88.1 cm³/mol. The Morgan fingerprint density at radius 3 is 2.10 bits per heavy atom. The van der Waals surface area contributed by atoms with Crippen LogP contribution in [0.25, 0.3) is 0 Å². The van der Waals surface area contributed by atoms with Gasteiger partial charge in [0.15, 0.2) is 0 Å². The molecule has 1 atom stereocenters. The molecule has 112 valence electrons. The Kier molecular flexibility index (Phi) is 5.97. The molecule has 0 bridgehead atoms. The second-order valence-electron chi connectivity index (χ2n) is 5.94. The summed E-state index contributed by atoms with van der Waals surface area (Å²) in [7, 11) is 0. The van der Waals surface area contributed by atoms with Crippen molar-refractivity contribution in [1.29, 1.82) is 0 Å². The average Bonchev–Trinajstić information content (AvgIpc) is 2.50. The van der Waals surface area contributed by atoms with Crippen LogP contribution >= 0.6 is 0 Å². The van der Waals surface area contributed by atoms with Gasteiger partial charge in [-0.1, -0.05) is 68.4 Å². The van der Waals surface area contributed by atoms with Gasteiger partial charge in [-0.15, -0.1) is 0 Å². The lowest BCUT2D eigenvalue weighted by Crippen LogP contribution is -2.23. The van der Waals surface area contributed by atoms with Crippen LogP contribution in [0.1, 0.15) is 36.6 Å². The average molecular weight is 283 g/mol. The van der Waals surface area contributed by atoms with E-state index in [1.807, 2.05) is 30.3 Å². The molecule has 0 unspecified atom stereocenters. The number of aliphatic hydroxyl groups is 1. The van der Waals surface area contributed by atoms with Crippen LogP contribution in [-0.2, 0) is 13.0 Å². The van der Waals surface area contributed by atoms with E-state index in [1.54, 1.807) is 0 Å². The fraction of sp³-hybridized carbons (Fsp3) is 0.368. The van der Waals surface area contributed by atoms with E-state index in [0.717, 1.165) is 18.5 Å². The first kappa shape index (κ1) is 15.7. The molecular formula is C19H25NO. The van der Waals surface area contributed by atoms with Gasteiger partial charge in [0.25, 0.3) is 0 Å². The lowest BCUT2D eigenvalue weighted by atomic mass is 10.0. The molecule has 21 heavy (non-hydrogen) atoms. The van der Waals surface area contributed by atoms with E-state index in [-0.39, 0.29) is 12.6 Å². The summed E-state index contributed by atoms with van der Waals surface area (Å²) in [5.41, 5.74) is 3.75. The maximum atomic E-state index is 9.54. The highest BCUT2D eigenvalue weighted by Crippen LogP contribution is 2.14. The third kappa shape index (κ3) is 5.00. The molecule has 0 amide bonds. The Morgan fingerprint density at radius 1 is 0.905 bits per heavy atom. The van der Waals surface area contributed by atoms with Crippen molar-refractivity contribution in [2.24, 2.45) is 5.92 Å². The molecule has 2 aromatic rings. The smallest absolute Gasteiger partial charge is 0.0626 e. The fourth-order valence-electron chi connectivity index (χ4n) is 2.48.